The van der Waals surface area contributed by atoms with Crippen LogP contribution in [0.3, 0.4) is 0 Å². The smallest absolute Gasteiger partial charge is 0.335 e. The molecule has 0 aliphatic carbocycles. The number of carbonyl (C=O) groups excluding carboxylic acids is 1. The molecule has 1 heterocycles. The molecule has 2 aromatic rings. The van der Waals surface area contributed by atoms with E-state index in [1.807, 2.05) is 6.92 Å². The summed E-state index contributed by atoms with van der Waals surface area (Å²) < 4.78 is 5.00. The third-order valence-corrected chi connectivity index (χ3v) is 5.25. The summed E-state index contributed by atoms with van der Waals surface area (Å²) in [4.78, 5) is 40.7. The molecule has 3 rings (SSSR count). The van der Waals surface area contributed by atoms with Gasteiger partial charge in [0.15, 0.2) is 10.9 Å². The average Bonchev–Trinajstić information content (AvgIpc) is 3.02. The van der Waals surface area contributed by atoms with Crippen molar-refractivity contribution < 1.29 is 24.4 Å². The summed E-state index contributed by atoms with van der Waals surface area (Å²) in [7, 11) is 1.35. The molecule has 1 saturated heterocycles. The fourth-order valence-corrected chi connectivity index (χ4v) is 3.81. The minimum Gasteiger partial charge on any atom is -0.490 e. The van der Waals surface area contributed by atoms with Crippen LogP contribution in [0.5, 0.6) is 5.75 Å². The summed E-state index contributed by atoms with van der Waals surface area (Å²) in [6.45, 7) is 2.20. The van der Waals surface area contributed by atoms with Gasteiger partial charge in [0, 0.05) is 12.6 Å². The Bertz CT molecular complexity index is 1080. The van der Waals surface area contributed by atoms with E-state index in [2.05, 4.69) is 4.99 Å². The van der Waals surface area contributed by atoms with Gasteiger partial charge in [0.25, 0.3) is 5.91 Å². The van der Waals surface area contributed by atoms with Gasteiger partial charge in [-0.15, -0.1) is 0 Å². The third kappa shape index (κ3) is 4.33. The topological polar surface area (TPSA) is 122 Å². The van der Waals surface area contributed by atoms with E-state index in [1.165, 1.54) is 36.3 Å². The SMILES string of the molecule is CCN1C(=O)/C(=C\c2ccc(OC)c([N+](=O)[O-])c2)SC1=Nc1ccc(C(=O)O)cc1. The zero-order chi connectivity index (χ0) is 21.8. The van der Waals surface area contributed by atoms with Gasteiger partial charge in [-0.25, -0.2) is 9.79 Å². The maximum Gasteiger partial charge on any atom is 0.335 e. The first-order valence-corrected chi connectivity index (χ1v) is 9.61. The summed E-state index contributed by atoms with van der Waals surface area (Å²) >= 11 is 1.15. The van der Waals surface area contributed by atoms with Crippen LogP contribution in [-0.4, -0.2) is 45.6 Å². The number of hydrogen-bond donors (Lipinski definition) is 1. The van der Waals surface area contributed by atoms with E-state index in [1.54, 1.807) is 24.3 Å². The number of likely N-dealkylation sites (N-methyl/N-ethyl adjacent to an activating group) is 1. The van der Waals surface area contributed by atoms with Crippen molar-refractivity contribution in [2.45, 2.75) is 6.92 Å². The van der Waals surface area contributed by atoms with Gasteiger partial charge in [0.2, 0.25) is 0 Å². The Balaban J connectivity index is 1.93. The van der Waals surface area contributed by atoms with E-state index in [9.17, 15) is 19.7 Å². The molecule has 154 valence electrons. The number of amides is 1. The van der Waals surface area contributed by atoms with Crippen molar-refractivity contribution in [1.29, 1.82) is 0 Å². The van der Waals surface area contributed by atoms with E-state index < -0.39 is 10.9 Å². The predicted octanol–water partition coefficient (Wildman–Crippen LogP) is 3.93. The van der Waals surface area contributed by atoms with Gasteiger partial charge in [-0.3, -0.25) is 19.8 Å². The summed E-state index contributed by atoms with van der Waals surface area (Å²) in [5.41, 5.74) is 0.946. The second-order valence-electron chi connectivity index (χ2n) is 6.09. The van der Waals surface area contributed by atoms with E-state index in [-0.39, 0.29) is 22.9 Å². The largest absolute Gasteiger partial charge is 0.490 e. The molecule has 0 radical (unpaired) electrons. The minimum absolute atomic E-state index is 0.134. The van der Waals surface area contributed by atoms with E-state index in [0.717, 1.165) is 11.8 Å². The second-order valence-corrected chi connectivity index (χ2v) is 7.10. The molecule has 1 amide bonds. The molecule has 0 atom stereocenters. The lowest BCUT2D eigenvalue weighted by molar-refractivity contribution is -0.385. The van der Waals surface area contributed by atoms with Crippen LogP contribution < -0.4 is 4.74 Å². The van der Waals surface area contributed by atoms with Gasteiger partial charge in [-0.1, -0.05) is 6.07 Å². The highest BCUT2D eigenvalue weighted by Crippen LogP contribution is 2.35. The number of carboxylic acids is 1. The highest BCUT2D eigenvalue weighted by Gasteiger charge is 2.32. The quantitative estimate of drug-likeness (QED) is 0.421. The van der Waals surface area contributed by atoms with Crippen molar-refractivity contribution in [2.75, 3.05) is 13.7 Å². The molecule has 9 nitrogen and oxygen atoms in total. The van der Waals surface area contributed by atoms with Gasteiger partial charge in [0.1, 0.15) is 0 Å². The first kappa shape index (κ1) is 21.1. The molecule has 1 aliphatic heterocycles. The van der Waals surface area contributed by atoms with Crippen molar-refractivity contribution in [3.05, 3.63) is 68.6 Å². The number of rotatable bonds is 6. The van der Waals surface area contributed by atoms with Gasteiger partial charge in [-0.05, 0) is 60.7 Å². The molecule has 10 heteroatoms. The summed E-state index contributed by atoms with van der Waals surface area (Å²) in [5.74, 6) is -1.16. The standard InChI is InChI=1S/C20H17N3O6S/c1-3-22-18(24)17(11-12-4-9-16(29-2)15(10-12)23(27)28)30-20(22)21-14-7-5-13(6-8-14)19(25)26/h4-11H,3H2,1-2H3,(H,25,26)/b17-11+,21-20?. The Morgan fingerprint density at radius 3 is 2.57 bits per heavy atom. The third-order valence-electron chi connectivity index (χ3n) is 4.24. The van der Waals surface area contributed by atoms with Crippen LogP contribution in [0, 0.1) is 10.1 Å². The number of carboxylic acid groups (broad SMARTS) is 1. The normalized spacial score (nSPS) is 16.3. The molecule has 1 aliphatic rings. The molecule has 0 unspecified atom stereocenters. The van der Waals surface area contributed by atoms with E-state index >= 15 is 0 Å². The first-order valence-electron chi connectivity index (χ1n) is 8.80. The van der Waals surface area contributed by atoms with E-state index in [0.29, 0.717) is 27.9 Å². The lowest BCUT2D eigenvalue weighted by atomic mass is 10.1. The van der Waals surface area contributed by atoms with Crippen LogP contribution in [0.4, 0.5) is 11.4 Å². The molecule has 2 aromatic carbocycles. The molecule has 0 spiro atoms. The first-order chi connectivity index (χ1) is 14.3. The number of benzene rings is 2. The Morgan fingerprint density at radius 1 is 1.30 bits per heavy atom. The number of aliphatic imine (C=N–C) groups is 1. The number of methoxy groups -OCH3 is 1. The van der Waals surface area contributed by atoms with Crippen molar-refractivity contribution in [3.63, 3.8) is 0 Å². The molecule has 1 N–H and O–H groups in total. The lowest BCUT2D eigenvalue weighted by Gasteiger charge is -2.12. The summed E-state index contributed by atoms with van der Waals surface area (Å²) in [6.07, 6.45) is 1.57. The van der Waals surface area contributed by atoms with Crippen molar-refractivity contribution in [2.24, 2.45) is 4.99 Å². The number of nitrogens with zero attached hydrogens (tertiary/aromatic N) is 3. The average molecular weight is 427 g/mol. The van der Waals surface area contributed by atoms with Crippen LogP contribution >= 0.6 is 11.8 Å². The Kier molecular flexibility index (Phi) is 6.17. The van der Waals surface area contributed by atoms with Crippen molar-refractivity contribution >= 4 is 46.3 Å². The number of hydrogen-bond acceptors (Lipinski definition) is 7. The monoisotopic (exact) mass is 427 g/mol. The Morgan fingerprint density at radius 2 is 2.00 bits per heavy atom. The van der Waals surface area contributed by atoms with Gasteiger partial charge in [-0.2, -0.15) is 0 Å². The molecular weight excluding hydrogens is 410 g/mol. The van der Waals surface area contributed by atoms with Gasteiger partial charge in [0.05, 0.1) is 28.2 Å². The van der Waals surface area contributed by atoms with E-state index in [4.69, 9.17) is 9.84 Å². The number of ether oxygens (including phenoxy) is 1. The maximum absolute atomic E-state index is 12.7. The second kappa shape index (κ2) is 8.78. The van der Waals surface area contributed by atoms with Crippen LogP contribution in [0.15, 0.2) is 52.4 Å². The molecule has 0 saturated carbocycles. The Labute approximate surface area is 175 Å². The number of aromatic carboxylic acids is 1. The van der Waals surface area contributed by atoms with Crippen LogP contribution in [0.2, 0.25) is 0 Å². The Hall–Kier alpha value is -3.66. The lowest BCUT2D eigenvalue weighted by Crippen LogP contribution is -2.28. The summed E-state index contributed by atoms with van der Waals surface area (Å²) in [5, 5.41) is 20.7. The van der Waals surface area contributed by atoms with Gasteiger partial charge >= 0.3 is 11.7 Å². The van der Waals surface area contributed by atoms with Crippen molar-refractivity contribution in [1.82, 2.24) is 4.90 Å². The molecule has 0 bridgehead atoms. The van der Waals surface area contributed by atoms with Crippen LogP contribution in [0.25, 0.3) is 6.08 Å². The molecule has 30 heavy (non-hydrogen) atoms. The highest BCUT2D eigenvalue weighted by molar-refractivity contribution is 8.18. The fraction of sp³-hybridized carbons (Fsp3) is 0.150. The van der Waals surface area contributed by atoms with Crippen LogP contribution in [0.1, 0.15) is 22.8 Å². The number of thioether (sulfide) groups is 1. The maximum atomic E-state index is 12.7. The highest BCUT2D eigenvalue weighted by atomic mass is 32.2. The predicted molar refractivity (Wildman–Crippen MR) is 113 cm³/mol. The summed E-state index contributed by atoms with van der Waals surface area (Å²) in [6, 6.07) is 10.4. The molecule has 1 fully saturated rings. The number of carbonyl (C=O) groups is 2. The molecule has 0 aromatic heterocycles. The minimum atomic E-state index is -1.03. The van der Waals surface area contributed by atoms with Gasteiger partial charge < -0.3 is 9.84 Å². The van der Waals surface area contributed by atoms with Crippen LogP contribution in [-0.2, 0) is 4.79 Å². The zero-order valence-corrected chi connectivity index (χ0v) is 16.9. The zero-order valence-electron chi connectivity index (χ0n) is 16.1. The molecular formula is C20H17N3O6S. The van der Waals surface area contributed by atoms with Crippen molar-refractivity contribution in [3.8, 4) is 5.75 Å². The number of nitro groups is 1. The number of amidine groups is 1. The fourth-order valence-electron chi connectivity index (χ4n) is 2.75. The number of nitro benzene ring substituents is 1.